The predicted molar refractivity (Wildman–Crippen MR) is 96.3 cm³/mol. The topological polar surface area (TPSA) is 59.8 Å². The number of hydrogen-bond donors (Lipinski definition) is 1. The molecule has 0 aliphatic heterocycles. The van der Waals surface area contributed by atoms with Crippen LogP contribution in [0.1, 0.15) is 26.7 Å². The Balaban J connectivity index is 2.14. The Morgan fingerprint density at radius 3 is 2.88 bits per heavy atom. The maximum absolute atomic E-state index is 13.3. The second kappa shape index (κ2) is 8.48. The maximum atomic E-state index is 13.3. The van der Waals surface area contributed by atoms with Crippen molar-refractivity contribution in [3.8, 4) is 5.69 Å². The standard InChI is InChI=1S/C16H20ClFN4OS/c1-4-5-14(24-3)10(2)16(23)20-13-9-22(21-15(13)17)12-6-11(18)7-19-8-12/h6-10,14H,4-5H2,1-3H3,(H,20,23). The van der Waals surface area contributed by atoms with E-state index < -0.39 is 5.82 Å². The summed E-state index contributed by atoms with van der Waals surface area (Å²) in [4.78, 5) is 16.2. The normalized spacial score (nSPS) is 13.5. The third kappa shape index (κ3) is 4.48. The van der Waals surface area contributed by atoms with Gasteiger partial charge in [0.1, 0.15) is 5.82 Å². The van der Waals surface area contributed by atoms with E-state index in [4.69, 9.17) is 11.6 Å². The second-order valence-corrected chi connectivity index (χ2v) is 6.92. The fraction of sp³-hybridized carbons (Fsp3) is 0.438. The van der Waals surface area contributed by atoms with Crippen LogP contribution in [0.25, 0.3) is 5.69 Å². The number of anilines is 1. The SMILES string of the molecule is CCCC(SC)C(C)C(=O)Nc1cn(-c2cncc(F)c2)nc1Cl. The monoisotopic (exact) mass is 370 g/mol. The Labute approximate surface area is 150 Å². The van der Waals surface area contributed by atoms with E-state index in [0.29, 0.717) is 11.4 Å². The van der Waals surface area contributed by atoms with Gasteiger partial charge in [-0.2, -0.15) is 16.9 Å². The van der Waals surface area contributed by atoms with Crippen molar-refractivity contribution in [3.05, 3.63) is 35.6 Å². The molecule has 2 unspecified atom stereocenters. The number of nitrogens with zero attached hydrogens (tertiary/aromatic N) is 3. The van der Waals surface area contributed by atoms with Gasteiger partial charge in [0.15, 0.2) is 5.15 Å². The van der Waals surface area contributed by atoms with Crippen molar-refractivity contribution in [1.29, 1.82) is 0 Å². The lowest BCUT2D eigenvalue weighted by Crippen LogP contribution is -2.28. The minimum atomic E-state index is -0.472. The highest BCUT2D eigenvalue weighted by atomic mass is 35.5. The summed E-state index contributed by atoms with van der Waals surface area (Å²) in [5.74, 6) is -0.738. The highest BCUT2D eigenvalue weighted by Crippen LogP contribution is 2.26. The number of carbonyl (C=O) groups is 1. The van der Waals surface area contributed by atoms with Crippen molar-refractivity contribution >= 4 is 35.0 Å². The number of halogens is 2. The minimum absolute atomic E-state index is 0.110. The van der Waals surface area contributed by atoms with Gasteiger partial charge in [-0.25, -0.2) is 9.07 Å². The highest BCUT2D eigenvalue weighted by Gasteiger charge is 2.24. The number of hydrogen-bond acceptors (Lipinski definition) is 4. The first kappa shape index (κ1) is 18.7. The van der Waals surface area contributed by atoms with Gasteiger partial charge < -0.3 is 5.32 Å². The summed E-state index contributed by atoms with van der Waals surface area (Å²) in [7, 11) is 0. The second-order valence-electron chi connectivity index (χ2n) is 5.48. The molecule has 0 aliphatic carbocycles. The number of carbonyl (C=O) groups excluding carboxylic acids is 1. The summed E-state index contributed by atoms with van der Waals surface area (Å²) in [6, 6.07) is 1.29. The summed E-state index contributed by atoms with van der Waals surface area (Å²) >= 11 is 7.78. The Kier molecular flexibility index (Phi) is 6.62. The minimum Gasteiger partial charge on any atom is -0.322 e. The summed E-state index contributed by atoms with van der Waals surface area (Å²) in [5.41, 5.74) is 0.826. The average molecular weight is 371 g/mol. The molecule has 2 rings (SSSR count). The van der Waals surface area contributed by atoms with E-state index in [1.807, 2.05) is 13.2 Å². The molecule has 24 heavy (non-hydrogen) atoms. The van der Waals surface area contributed by atoms with Crippen LogP contribution in [0.2, 0.25) is 5.15 Å². The van der Waals surface area contributed by atoms with Crippen LogP contribution >= 0.6 is 23.4 Å². The first-order chi connectivity index (χ1) is 11.5. The van der Waals surface area contributed by atoms with Gasteiger partial charge in [0, 0.05) is 17.2 Å². The van der Waals surface area contributed by atoms with Crippen molar-refractivity contribution in [2.24, 2.45) is 5.92 Å². The van der Waals surface area contributed by atoms with Crippen molar-refractivity contribution in [3.63, 3.8) is 0 Å². The van der Waals surface area contributed by atoms with E-state index in [1.165, 1.54) is 16.9 Å². The summed E-state index contributed by atoms with van der Waals surface area (Å²) in [6.45, 7) is 4.00. The Morgan fingerprint density at radius 2 is 2.25 bits per heavy atom. The first-order valence-electron chi connectivity index (χ1n) is 7.66. The van der Waals surface area contributed by atoms with E-state index in [-0.39, 0.29) is 22.2 Å². The van der Waals surface area contributed by atoms with E-state index in [9.17, 15) is 9.18 Å². The molecule has 2 aromatic heterocycles. The number of nitrogens with one attached hydrogen (secondary N) is 1. The summed E-state index contributed by atoms with van der Waals surface area (Å²) < 4.78 is 14.7. The molecule has 5 nitrogen and oxygen atoms in total. The van der Waals surface area contributed by atoms with Gasteiger partial charge in [0.05, 0.1) is 30.0 Å². The largest absolute Gasteiger partial charge is 0.322 e. The van der Waals surface area contributed by atoms with Crippen molar-refractivity contribution < 1.29 is 9.18 Å². The highest BCUT2D eigenvalue weighted by molar-refractivity contribution is 7.99. The zero-order chi connectivity index (χ0) is 17.7. The van der Waals surface area contributed by atoms with E-state index in [2.05, 4.69) is 22.3 Å². The van der Waals surface area contributed by atoms with Gasteiger partial charge in [-0.05, 0) is 12.7 Å². The molecule has 8 heteroatoms. The molecule has 0 aromatic carbocycles. The third-order valence-electron chi connectivity index (χ3n) is 3.73. The molecule has 1 N–H and O–H groups in total. The molecule has 0 bridgehead atoms. The number of thioether (sulfide) groups is 1. The van der Waals surface area contributed by atoms with Crippen LogP contribution in [0.4, 0.5) is 10.1 Å². The van der Waals surface area contributed by atoms with Gasteiger partial charge in [0.25, 0.3) is 0 Å². The molecule has 0 saturated heterocycles. The van der Waals surface area contributed by atoms with Crippen LogP contribution < -0.4 is 5.32 Å². The molecule has 0 radical (unpaired) electrons. The number of rotatable bonds is 7. The number of amides is 1. The summed E-state index contributed by atoms with van der Waals surface area (Å²) in [5, 5.41) is 7.29. The van der Waals surface area contributed by atoms with Crippen molar-refractivity contribution in [1.82, 2.24) is 14.8 Å². The van der Waals surface area contributed by atoms with Crippen LogP contribution in [0.15, 0.2) is 24.7 Å². The first-order valence-corrected chi connectivity index (χ1v) is 9.32. The Bertz CT molecular complexity index is 709. The van der Waals surface area contributed by atoms with Crippen LogP contribution in [0.3, 0.4) is 0 Å². The smallest absolute Gasteiger partial charge is 0.228 e. The summed E-state index contributed by atoms with van der Waals surface area (Å²) in [6.07, 6.45) is 8.12. The van der Waals surface area contributed by atoms with E-state index in [0.717, 1.165) is 19.0 Å². The van der Waals surface area contributed by atoms with Crippen LogP contribution in [-0.2, 0) is 4.79 Å². The zero-order valence-corrected chi connectivity index (χ0v) is 15.4. The zero-order valence-electron chi connectivity index (χ0n) is 13.8. The van der Waals surface area contributed by atoms with Crippen LogP contribution in [-0.4, -0.2) is 32.2 Å². The predicted octanol–water partition coefficient (Wildman–Crippen LogP) is 4.17. The molecule has 0 aliphatic rings. The quantitative estimate of drug-likeness (QED) is 0.794. The van der Waals surface area contributed by atoms with E-state index in [1.54, 1.807) is 18.0 Å². The van der Waals surface area contributed by atoms with Crippen LogP contribution in [0, 0.1) is 11.7 Å². The number of pyridine rings is 1. The van der Waals surface area contributed by atoms with Crippen molar-refractivity contribution in [2.75, 3.05) is 11.6 Å². The molecule has 2 heterocycles. The van der Waals surface area contributed by atoms with Crippen molar-refractivity contribution in [2.45, 2.75) is 31.9 Å². The molecular weight excluding hydrogens is 351 g/mol. The van der Waals surface area contributed by atoms with Gasteiger partial charge in [-0.15, -0.1) is 0 Å². The van der Waals surface area contributed by atoms with Crippen LogP contribution in [0.5, 0.6) is 0 Å². The van der Waals surface area contributed by atoms with Gasteiger partial charge in [-0.1, -0.05) is 31.9 Å². The lowest BCUT2D eigenvalue weighted by atomic mass is 10.0. The Hall–Kier alpha value is -1.60. The Morgan fingerprint density at radius 1 is 1.50 bits per heavy atom. The lowest BCUT2D eigenvalue weighted by Gasteiger charge is -2.20. The molecule has 2 atom stereocenters. The van der Waals surface area contributed by atoms with Gasteiger partial charge in [0.2, 0.25) is 5.91 Å². The average Bonchev–Trinajstić information content (AvgIpc) is 2.93. The molecular formula is C16H20ClFN4OS. The maximum Gasteiger partial charge on any atom is 0.228 e. The van der Waals surface area contributed by atoms with Gasteiger partial charge >= 0.3 is 0 Å². The molecule has 0 spiro atoms. The third-order valence-corrected chi connectivity index (χ3v) is 5.26. The fourth-order valence-electron chi connectivity index (χ4n) is 2.37. The molecule has 2 aromatic rings. The molecule has 130 valence electrons. The van der Waals surface area contributed by atoms with Gasteiger partial charge in [-0.3, -0.25) is 9.78 Å². The molecule has 0 saturated carbocycles. The number of aromatic nitrogens is 3. The van der Waals surface area contributed by atoms with E-state index >= 15 is 0 Å². The molecule has 0 fully saturated rings. The fourth-order valence-corrected chi connectivity index (χ4v) is 3.55. The lowest BCUT2D eigenvalue weighted by molar-refractivity contribution is -0.119. The molecule has 1 amide bonds.